The van der Waals surface area contributed by atoms with Gasteiger partial charge in [-0.15, -0.1) is 0 Å². The van der Waals surface area contributed by atoms with Crippen LogP contribution in [0.25, 0.3) is 0 Å². The molecule has 0 aromatic rings. The lowest BCUT2D eigenvalue weighted by Crippen LogP contribution is -2.50. The van der Waals surface area contributed by atoms with Crippen LogP contribution in [0.5, 0.6) is 0 Å². The summed E-state index contributed by atoms with van der Waals surface area (Å²) in [4.78, 5) is 14.2. The maximum absolute atomic E-state index is 12.4. The van der Waals surface area contributed by atoms with Gasteiger partial charge in [-0.05, 0) is 0 Å². The lowest BCUT2D eigenvalue weighted by Gasteiger charge is -2.35. The van der Waals surface area contributed by atoms with E-state index in [4.69, 9.17) is 5.26 Å². The van der Waals surface area contributed by atoms with Crippen LogP contribution in [0.1, 0.15) is 6.92 Å². The maximum atomic E-state index is 12.4. The van der Waals surface area contributed by atoms with E-state index in [1.807, 2.05) is 0 Å². The van der Waals surface area contributed by atoms with Crippen LogP contribution in [0.3, 0.4) is 0 Å². The minimum atomic E-state index is -4.48. The molecule has 0 radical (unpaired) electrons. The molecule has 1 amide bonds. The zero-order valence-corrected chi connectivity index (χ0v) is 9.50. The third-order valence-corrected chi connectivity index (χ3v) is 2.81. The molecule has 1 aliphatic heterocycles. The Hall–Kier alpha value is -1.29. The van der Waals surface area contributed by atoms with Crippen LogP contribution in [0.2, 0.25) is 0 Å². The molecular weight excluding hydrogens is 235 g/mol. The molecule has 4 nitrogen and oxygen atoms in total. The first-order chi connectivity index (χ1) is 7.84. The molecular formula is C10H14F3N3O. The molecule has 0 aromatic heterocycles. The SMILES string of the molecule is CC(=O)N1CCN(CC(C#N)C(F)(F)F)CC1. The van der Waals surface area contributed by atoms with Gasteiger partial charge in [-0.1, -0.05) is 0 Å². The van der Waals surface area contributed by atoms with Crippen molar-refractivity contribution in [3.8, 4) is 6.07 Å². The van der Waals surface area contributed by atoms with Crippen molar-refractivity contribution in [1.29, 1.82) is 5.26 Å². The number of alkyl halides is 3. The summed E-state index contributed by atoms with van der Waals surface area (Å²) in [7, 11) is 0. The number of nitrogens with zero attached hydrogens (tertiary/aromatic N) is 3. The van der Waals surface area contributed by atoms with Gasteiger partial charge in [0.1, 0.15) is 0 Å². The Bertz CT molecular complexity index is 316. The van der Waals surface area contributed by atoms with E-state index in [9.17, 15) is 18.0 Å². The molecule has 1 aliphatic rings. The third kappa shape index (κ3) is 3.89. The summed E-state index contributed by atoms with van der Waals surface area (Å²) in [6.07, 6.45) is -4.48. The molecule has 1 saturated heterocycles. The van der Waals surface area contributed by atoms with Crippen molar-refractivity contribution in [1.82, 2.24) is 9.80 Å². The van der Waals surface area contributed by atoms with Gasteiger partial charge in [0.15, 0.2) is 5.92 Å². The fourth-order valence-corrected chi connectivity index (χ4v) is 1.72. The number of carbonyl (C=O) groups excluding carboxylic acids is 1. The van der Waals surface area contributed by atoms with E-state index < -0.39 is 12.1 Å². The van der Waals surface area contributed by atoms with E-state index in [1.165, 1.54) is 13.0 Å². The minimum absolute atomic E-state index is 0.0719. The third-order valence-electron chi connectivity index (χ3n) is 2.81. The topological polar surface area (TPSA) is 47.3 Å². The Labute approximate surface area is 97.6 Å². The average Bonchev–Trinajstić information content (AvgIpc) is 2.24. The van der Waals surface area contributed by atoms with Gasteiger partial charge < -0.3 is 4.90 Å². The summed E-state index contributed by atoms with van der Waals surface area (Å²) >= 11 is 0. The molecule has 1 fully saturated rings. The molecule has 0 aliphatic carbocycles. The second-order valence-electron chi connectivity index (χ2n) is 4.03. The van der Waals surface area contributed by atoms with Gasteiger partial charge >= 0.3 is 6.18 Å². The number of hydrogen-bond donors (Lipinski definition) is 0. The highest BCUT2D eigenvalue weighted by molar-refractivity contribution is 5.73. The van der Waals surface area contributed by atoms with Gasteiger partial charge in [0.25, 0.3) is 0 Å². The lowest BCUT2D eigenvalue weighted by molar-refractivity contribution is -0.164. The Morgan fingerprint density at radius 2 is 1.88 bits per heavy atom. The van der Waals surface area contributed by atoms with Gasteiger partial charge in [-0.25, -0.2) is 0 Å². The van der Waals surface area contributed by atoms with Crippen molar-refractivity contribution in [2.45, 2.75) is 13.1 Å². The van der Waals surface area contributed by atoms with Crippen LogP contribution in [-0.2, 0) is 4.79 Å². The summed E-state index contributed by atoms with van der Waals surface area (Å²) in [5.74, 6) is -2.02. The van der Waals surface area contributed by atoms with Gasteiger partial charge in [0, 0.05) is 39.6 Å². The fourth-order valence-electron chi connectivity index (χ4n) is 1.72. The van der Waals surface area contributed by atoms with Gasteiger partial charge in [-0.2, -0.15) is 18.4 Å². The molecule has 1 atom stereocenters. The van der Waals surface area contributed by atoms with Crippen molar-refractivity contribution in [2.24, 2.45) is 5.92 Å². The highest BCUT2D eigenvalue weighted by atomic mass is 19.4. The number of hydrogen-bond acceptors (Lipinski definition) is 3. The van der Waals surface area contributed by atoms with E-state index in [0.29, 0.717) is 26.2 Å². The van der Waals surface area contributed by atoms with Crippen LogP contribution in [0.4, 0.5) is 13.2 Å². The fraction of sp³-hybridized carbons (Fsp3) is 0.800. The summed E-state index contributed by atoms with van der Waals surface area (Å²) in [5, 5.41) is 8.47. The molecule has 1 unspecified atom stereocenters. The molecule has 7 heteroatoms. The second kappa shape index (κ2) is 5.36. The van der Waals surface area contributed by atoms with Crippen molar-refractivity contribution in [3.63, 3.8) is 0 Å². The number of carbonyl (C=O) groups is 1. The Morgan fingerprint density at radius 1 is 1.35 bits per heavy atom. The first kappa shape index (κ1) is 13.8. The van der Waals surface area contributed by atoms with E-state index in [1.54, 1.807) is 9.80 Å². The molecule has 1 heterocycles. The van der Waals surface area contributed by atoms with E-state index in [-0.39, 0.29) is 12.5 Å². The monoisotopic (exact) mass is 249 g/mol. The van der Waals surface area contributed by atoms with Crippen molar-refractivity contribution in [3.05, 3.63) is 0 Å². The van der Waals surface area contributed by atoms with Gasteiger partial charge in [0.05, 0.1) is 6.07 Å². The largest absolute Gasteiger partial charge is 0.405 e. The van der Waals surface area contributed by atoms with Crippen molar-refractivity contribution < 1.29 is 18.0 Å². The number of rotatable bonds is 2. The van der Waals surface area contributed by atoms with Crippen LogP contribution in [0.15, 0.2) is 0 Å². The van der Waals surface area contributed by atoms with Crippen LogP contribution in [0, 0.1) is 17.2 Å². The number of halogens is 3. The Morgan fingerprint density at radius 3 is 2.24 bits per heavy atom. The quantitative estimate of drug-likeness (QED) is 0.729. The highest BCUT2D eigenvalue weighted by Gasteiger charge is 2.41. The zero-order valence-electron chi connectivity index (χ0n) is 9.50. The van der Waals surface area contributed by atoms with E-state index in [2.05, 4.69) is 0 Å². The molecule has 96 valence electrons. The van der Waals surface area contributed by atoms with Gasteiger partial charge in [0.2, 0.25) is 5.91 Å². The summed E-state index contributed by atoms with van der Waals surface area (Å²) in [6, 6.07) is 1.28. The molecule has 1 rings (SSSR count). The Balaban J connectivity index is 2.45. The predicted octanol–water partition coefficient (Wildman–Crippen LogP) is 0.853. The normalized spacial score (nSPS) is 19.8. The molecule has 0 N–H and O–H groups in total. The van der Waals surface area contributed by atoms with Crippen molar-refractivity contribution >= 4 is 5.91 Å². The summed E-state index contributed by atoms with van der Waals surface area (Å²) in [5.41, 5.74) is 0. The lowest BCUT2D eigenvalue weighted by atomic mass is 10.1. The van der Waals surface area contributed by atoms with E-state index >= 15 is 0 Å². The maximum Gasteiger partial charge on any atom is 0.405 e. The van der Waals surface area contributed by atoms with Crippen LogP contribution < -0.4 is 0 Å². The number of amides is 1. The summed E-state index contributed by atoms with van der Waals surface area (Å²) < 4.78 is 37.1. The van der Waals surface area contributed by atoms with Gasteiger partial charge in [-0.3, -0.25) is 9.69 Å². The minimum Gasteiger partial charge on any atom is -0.340 e. The molecule has 0 aromatic carbocycles. The first-order valence-corrected chi connectivity index (χ1v) is 5.29. The summed E-state index contributed by atoms with van der Waals surface area (Å²) in [6.45, 7) is 2.73. The molecule has 0 saturated carbocycles. The predicted molar refractivity (Wildman–Crippen MR) is 53.9 cm³/mol. The smallest absolute Gasteiger partial charge is 0.340 e. The molecule has 17 heavy (non-hydrogen) atoms. The average molecular weight is 249 g/mol. The zero-order chi connectivity index (χ0) is 13.1. The van der Waals surface area contributed by atoms with Crippen molar-refractivity contribution in [2.75, 3.05) is 32.7 Å². The number of piperazine rings is 1. The van der Waals surface area contributed by atoms with Crippen LogP contribution in [-0.4, -0.2) is 54.6 Å². The molecule has 0 bridgehead atoms. The molecule has 0 spiro atoms. The number of nitriles is 1. The second-order valence-corrected chi connectivity index (χ2v) is 4.03. The first-order valence-electron chi connectivity index (χ1n) is 5.29. The highest BCUT2D eigenvalue weighted by Crippen LogP contribution is 2.26. The standard InChI is InChI=1S/C10H14F3N3O/c1-8(17)16-4-2-15(3-5-16)7-9(6-14)10(11,12)13/h9H,2-5,7H2,1H3. The van der Waals surface area contributed by atoms with E-state index in [0.717, 1.165) is 0 Å². The van der Waals surface area contributed by atoms with Crippen LogP contribution >= 0.6 is 0 Å². The Kier molecular flexibility index (Phi) is 4.34.